The van der Waals surface area contributed by atoms with Gasteiger partial charge in [0.2, 0.25) is 0 Å². The Bertz CT molecular complexity index is 280. The molecule has 0 amide bonds. The molecule has 0 saturated carbocycles. The third kappa shape index (κ3) is 1.73. The molecule has 0 aliphatic carbocycles. The first kappa shape index (κ1) is 10.4. The molecule has 1 aromatic rings. The van der Waals surface area contributed by atoms with E-state index in [1.165, 1.54) is 0 Å². The van der Waals surface area contributed by atoms with Gasteiger partial charge in [-0.25, -0.2) is 4.79 Å². The third-order valence-corrected chi connectivity index (χ3v) is 1.14. The monoisotopic (exact) mass is 190 g/mol. The average Bonchev–Trinajstić information content (AvgIpc) is 2.32. The molecule has 0 bridgehead atoms. The summed E-state index contributed by atoms with van der Waals surface area (Å²) in [6.07, 6.45) is 1.11. The van der Waals surface area contributed by atoms with Gasteiger partial charge >= 0.3 is 5.97 Å². The number of nitrogens with two attached hydrogens (primary N) is 1. The summed E-state index contributed by atoms with van der Waals surface area (Å²) < 4.78 is 0. The number of carboxylic acid groups (broad SMARTS) is 1. The van der Waals surface area contributed by atoms with Crippen LogP contribution in [-0.4, -0.2) is 27.1 Å². The van der Waals surface area contributed by atoms with Gasteiger partial charge in [-0.2, -0.15) is 5.10 Å². The van der Waals surface area contributed by atoms with E-state index >= 15 is 0 Å². The Balaban J connectivity index is 0.00000121. The first-order valence-electron chi connectivity index (χ1n) is 2.74. The zero-order chi connectivity index (χ0) is 8.43. The number of H-pyrrole nitrogens is 1. The van der Waals surface area contributed by atoms with Crippen LogP contribution < -0.4 is 5.73 Å². The fourth-order valence-corrected chi connectivity index (χ4v) is 0.654. The van der Waals surface area contributed by atoms with Gasteiger partial charge in [-0.05, 0) is 0 Å². The summed E-state index contributed by atoms with van der Waals surface area (Å²) >= 11 is 0. The number of carboxylic acids is 1. The van der Waals surface area contributed by atoms with E-state index in [-0.39, 0.29) is 29.5 Å². The molecule has 1 rings (SSSR count). The Morgan fingerprint density at radius 1 is 1.75 bits per heavy atom. The lowest BCUT2D eigenvalue weighted by Crippen LogP contribution is -2.15. The largest absolute Gasteiger partial charge is 0.478 e. The predicted molar refractivity (Wildman–Crippen MR) is 43.8 cm³/mol. The van der Waals surface area contributed by atoms with Gasteiger partial charge in [0, 0.05) is 0 Å². The number of hydrogen-bond donors (Lipinski definition) is 4. The van der Waals surface area contributed by atoms with E-state index in [1.807, 2.05) is 0 Å². The number of halogens is 1. The molecule has 1 heterocycles. The first-order valence-corrected chi connectivity index (χ1v) is 2.74. The van der Waals surface area contributed by atoms with Crippen molar-refractivity contribution in [3.63, 3.8) is 0 Å². The molecule has 7 heteroatoms. The summed E-state index contributed by atoms with van der Waals surface area (Å²) in [5.41, 5.74) is 5.00. The topological polar surface area (TPSA) is 116 Å². The molecular weight excluding hydrogens is 184 g/mol. The molecule has 0 aliphatic heterocycles. The van der Waals surface area contributed by atoms with Gasteiger partial charge in [0.25, 0.3) is 0 Å². The minimum atomic E-state index is -1.15. The van der Waals surface area contributed by atoms with Crippen molar-refractivity contribution in [3.8, 4) is 0 Å². The number of carbonyl (C=O) groups is 1. The fraction of sp³-hybridized carbons (Fsp3) is 0. The highest BCUT2D eigenvalue weighted by molar-refractivity contribution is 6.03. The number of amidine groups is 1. The van der Waals surface area contributed by atoms with Crippen LogP contribution in [-0.2, 0) is 0 Å². The summed E-state index contributed by atoms with van der Waals surface area (Å²) in [5.74, 6) is -1.48. The standard InChI is InChI=1S/C5H6N4O2.ClH/c6-4(7)3-2(5(10)11)1-8-9-3;/h1H,(H3,6,7)(H,8,9)(H,10,11);1H. The fourth-order valence-electron chi connectivity index (χ4n) is 0.654. The molecule has 0 radical (unpaired) electrons. The zero-order valence-electron chi connectivity index (χ0n) is 5.87. The van der Waals surface area contributed by atoms with E-state index in [2.05, 4.69) is 10.2 Å². The molecule has 0 fully saturated rings. The van der Waals surface area contributed by atoms with Crippen LogP contribution in [0.2, 0.25) is 0 Å². The average molecular weight is 191 g/mol. The lowest BCUT2D eigenvalue weighted by atomic mass is 10.2. The maximum absolute atomic E-state index is 10.4. The number of nitrogens with zero attached hydrogens (tertiary/aromatic N) is 1. The molecule has 0 spiro atoms. The third-order valence-electron chi connectivity index (χ3n) is 1.14. The minimum Gasteiger partial charge on any atom is -0.478 e. The molecule has 66 valence electrons. The number of nitrogens with one attached hydrogen (secondary N) is 2. The molecule has 6 nitrogen and oxygen atoms in total. The van der Waals surface area contributed by atoms with Crippen molar-refractivity contribution in [2.45, 2.75) is 0 Å². The van der Waals surface area contributed by atoms with Gasteiger partial charge < -0.3 is 10.8 Å². The lowest BCUT2D eigenvalue weighted by Gasteiger charge is -1.92. The molecule has 12 heavy (non-hydrogen) atoms. The zero-order valence-corrected chi connectivity index (χ0v) is 6.68. The molecule has 0 aromatic carbocycles. The summed E-state index contributed by atoms with van der Waals surface area (Å²) in [4.78, 5) is 10.4. The van der Waals surface area contributed by atoms with E-state index in [4.69, 9.17) is 16.2 Å². The number of rotatable bonds is 2. The van der Waals surface area contributed by atoms with Crippen LogP contribution >= 0.6 is 12.4 Å². The van der Waals surface area contributed by atoms with E-state index in [0.717, 1.165) is 6.20 Å². The predicted octanol–water partition coefficient (Wildman–Crippen LogP) is -0.186. The number of hydrogen-bond acceptors (Lipinski definition) is 3. The van der Waals surface area contributed by atoms with E-state index in [1.54, 1.807) is 0 Å². The van der Waals surface area contributed by atoms with Crippen molar-refractivity contribution in [1.82, 2.24) is 10.2 Å². The summed E-state index contributed by atoms with van der Waals surface area (Å²) in [6, 6.07) is 0. The number of aromatic nitrogens is 2. The molecule has 0 unspecified atom stereocenters. The molecular formula is C5H7ClN4O2. The van der Waals surface area contributed by atoms with Gasteiger partial charge in [-0.15, -0.1) is 12.4 Å². The van der Waals surface area contributed by atoms with Crippen molar-refractivity contribution in [1.29, 1.82) is 5.41 Å². The summed E-state index contributed by atoms with van der Waals surface area (Å²) in [6.45, 7) is 0. The Hall–Kier alpha value is -1.56. The second-order valence-corrected chi connectivity index (χ2v) is 1.88. The normalized spacial score (nSPS) is 8.67. The van der Waals surface area contributed by atoms with Crippen LogP contribution in [0.15, 0.2) is 6.20 Å². The number of aromatic carboxylic acids is 1. The van der Waals surface area contributed by atoms with Crippen LogP contribution in [0.1, 0.15) is 16.1 Å². The van der Waals surface area contributed by atoms with Crippen LogP contribution in [0.4, 0.5) is 0 Å². The van der Waals surface area contributed by atoms with Crippen LogP contribution in [0.25, 0.3) is 0 Å². The smallest absolute Gasteiger partial charge is 0.339 e. The van der Waals surface area contributed by atoms with Gasteiger partial charge in [0.1, 0.15) is 17.1 Å². The van der Waals surface area contributed by atoms with Crippen molar-refractivity contribution < 1.29 is 9.90 Å². The molecule has 0 saturated heterocycles. The van der Waals surface area contributed by atoms with Crippen LogP contribution in [0.3, 0.4) is 0 Å². The second-order valence-electron chi connectivity index (χ2n) is 1.88. The van der Waals surface area contributed by atoms with Crippen LogP contribution in [0.5, 0.6) is 0 Å². The lowest BCUT2D eigenvalue weighted by molar-refractivity contribution is 0.0696. The molecule has 1 aromatic heterocycles. The van der Waals surface area contributed by atoms with Gasteiger partial charge in [0.05, 0.1) is 6.20 Å². The highest BCUT2D eigenvalue weighted by atomic mass is 35.5. The maximum Gasteiger partial charge on any atom is 0.339 e. The van der Waals surface area contributed by atoms with Crippen molar-refractivity contribution in [3.05, 3.63) is 17.5 Å². The van der Waals surface area contributed by atoms with Gasteiger partial charge in [0.15, 0.2) is 0 Å². The Morgan fingerprint density at radius 3 is 2.67 bits per heavy atom. The minimum absolute atomic E-state index is 0. The Labute approximate surface area is 73.7 Å². The Morgan fingerprint density at radius 2 is 2.33 bits per heavy atom. The highest BCUT2D eigenvalue weighted by Gasteiger charge is 2.13. The first-order chi connectivity index (χ1) is 5.13. The maximum atomic E-state index is 10.4. The van der Waals surface area contributed by atoms with E-state index < -0.39 is 5.97 Å². The summed E-state index contributed by atoms with van der Waals surface area (Å²) in [5, 5.41) is 21.2. The second kappa shape index (κ2) is 3.72. The summed E-state index contributed by atoms with van der Waals surface area (Å²) in [7, 11) is 0. The van der Waals surface area contributed by atoms with E-state index in [0.29, 0.717) is 0 Å². The number of aromatic amines is 1. The van der Waals surface area contributed by atoms with Crippen molar-refractivity contribution in [2.75, 3.05) is 0 Å². The van der Waals surface area contributed by atoms with E-state index in [9.17, 15) is 4.79 Å². The SMILES string of the molecule is Cl.N=C(N)c1[nH]ncc1C(=O)O. The quantitative estimate of drug-likeness (QED) is 0.382. The van der Waals surface area contributed by atoms with Gasteiger partial charge in [-0.1, -0.05) is 0 Å². The van der Waals surface area contributed by atoms with Crippen LogP contribution in [0, 0.1) is 5.41 Å². The number of nitrogen functional groups attached to an aromatic ring is 1. The Kier molecular flexibility index (Phi) is 3.24. The van der Waals surface area contributed by atoms with Crippen molar-refractivity contribution >= 4 is 24.2 Å². The molecule has 0 atom stereocenters. The van der Waals surface area contributed by atoms with Gasteiger partial charge in [-0.3, -0.25) is 10.5 Å². The van der Waals surface area contributed by atoms with Crippen molar-refractivity contribution in [2.24, 2.45) is 5.73 Å². The molecule has 0 aliphatic rings. The molecule has 5 N–H and O–H groups in total. The highest BCUT2D eigenvalue weighted by Crippen LogP contribution is 2.02.